The van der Waals surface area contributed by atoms with E-state index in [1.165, 1.54) is 5.56 Å². The van der Waals surface area contributed by atoms with E-state index >= 15 is 0 Å². The lowest BCUT2D eigenvalue weighted by Crippen LogP contribution is -2.11. The van der Waals surface area contributed by atoms with Gasteiger partial charge in [-0.15, -0.1) is 0 Å². The van der Waals surface area contributed by atoms with Crippen molar-refractivity contribution in [1.29, 1.82) is 5.41 Å². The van der Waals surface area contributed by atoms with Crippen LogP contribution in [0, 0.1) is 5.41 Å². The van der Waals surface area contributed by atoms with Crippen LogP contribution in [0.25, 0.3) is 16.6 Å². The van der Waals surface area contributed by atoms with Gasteiger partial charge in [-0.05, 0) is 37.9 Å². The average Bonchev–Trinajstić information content (AvgIpc) is 2.65. The first-order chi connectivity index (χ1) is 13.0. The third-order valence-corrected chi connectivity index (χ3v) is 4.32. The van der Waals surface area contributed by atoms with E-state index < -0.39 is 0 Å². The minimum absolute atomic E-state index is 0.420. The average molecular weight is 380 g/mol. The number of pyridine rings is 2. The van der Waals surface area contributed by atoms with Crippen molar-refractivity contribution in [2.75, 3.05) is 21.1 Å². The SMILES string of the molecule is CN/C=C(\C(=N)c1ccc(CN(C)C)cc1)c1cnc2ccc(Cl)nc2c1. The Kier molecular flexibility index (Phi) is 5.84. The molecule has 6 heteroatoms. The van der Waals surface area contributed by atoms with Crippen LogP contribution >= 0.6 is 11.6 Å². The molecule has 3 rings (SSSR count). The largest absolute Gasteiger partial charge is 0.393 e. The molecule has 2 N–H and O–H groups in total. The Balaban J connectivity index is 1.95. The van der Waals surface area contributed by atoms with Gasteiger partial charge < -0.3 is 10.2 Å². The highest BCUT2D eigenvalue weighted by Gasteiger charge is 2.13. The van der Waals surface area contributed by atoms with Crippen molar-refractivity contribution in [3.8, 4) is 0 Å². The summed E-state index contributed by atoms with van der Waals surface area (Å²) in [5, 5.41) is 12.2. The molecule has 0 aliphatic heterocycles. The maximum Gasteiger partial charge on any atom is 0.129 e. The fourth-order valence-electron chi connectivity index (χ4n) is 2.87. The normalized spacial score (nSPS) is 11.8. The first kappa shape index (κ1) is 19.0. The molecule has 1 aromatic carbocycles. The molecule has 0 bridgehead atoms. The summed E-state index contributed by atoms with van der Waals surface area (Å²) in [6.45, 7) is 0.869. The predicted octanol–water partition coefficient (Wildman–Crippen LogP) is 3.97. The third-order valence-electron chi connectivity index (χ3n) is 4.11. The Morgan fingerprint density at radius 3 is 2.52 bits per heavy atom. The Morgan fingerprint density at radius 2 is 1.85 bits per heavy atom. The topological polar surface area (TPSA) is 64.9 Å². The van der Waals surface area contributed by atoms with Crippen molar-refractivity contribution < 1.29 is 0 Å². The molecule has 0 spiro atoms. The summed E-state index contributed by atoms with van der Waals surface area (Å²) in [6, 6.07) is 13.5. The number of hydrogen-bond acceptors (Lipinski definition) is 5. The van der Waals surface area contributed by atoms with E-state index in [4.69, 9.17) is 17.0 Å². The van der Waals surface area contributed by atoms with E-state index in [1.807, 2.05) is 51.6 Å². The molecule has 0 amide bonds. The van der Waals surface area contributed by atoms with Crippen molar-refractivity contribution in [2.24, 2.45) is 0 Å². The highest BCUT2D eigenvalue weighted by atomic mass is 35.5. The van der Waals surface area contributed by atoms with Gasteiger partial charge in [0.05, 0.1) is 16.7 Å². The second-order valence-electron chi connectivity index (χ2n) is 6.55. The molecule has 0 aliphatic rings. The number of halogens is 1. The summed E-state index contributed by atoms with van der Waals surface area (Å²) in [7, 11) is 5.89. The van der Waals surface area contributed by atoms with Crippen LogP contribution in [0.15, 0.2) is 54.9 Å². The van der Waals surface area contributed by atoms with E-state index in [9.17, 15) is 0 Å². The maximum absolute atomic E-state index is 8.70. The fourth-order valence-corrected chi connectivity index (χ4v) is 3.02. The van der Waals surface area contributed by atoms with E-state index in [2.05, 4.69) is 32.3 Å². The number of nitrogens with one attached hydrogen (secondary N) is 2. The van der Waals surface area contributed by atoms with Gasteiger partial charge in [-0.3, -0.25) is 10.4 Å². The van der Waals surface area contributed by atoms with Crippen LogP contribution < -0.4 is 5.32 Å². The van der Waals surface area contributed by atoms with E-state index in [0.29, 0.717) is 16.4 Å². The van der Waals surface area contributed by atoms with E-state index in [-0.39, 0.29) is 0 Å². The van der Waals surface area contributed by atoms with Gasteiger partial charge in [-0.1, -0.05) is 35.9 Å². The number of fused-ring (bicyclic) bond motifs is 1. The predicted molar refractivity (Wildman–Crippen MR) is 112 cm³/mol. The van der Waals surface area contributed by atoms with Crippen LogP contribution in [-0.2, 0) is 6.54 Å². The molecule has 0 fully saturated rings. The molecule has 27 heavy (non-hydrogen) atoms. The van der Waals surface area contributed by atoms with Gasteiger partial charge in [0, 0.05) is 42.7 Å². The van der Waals surface area contributed by atoms with Crippen LogP contribution in [0.4, 0.5) is 0 Å². The lowest BCUT2D eigenvalue weighted by molar-refractivity contribution is 0.402. The quantitative estimate of drug-likeness (QED) is 0.502. The summed E-state index contributed by atoms with van der Waals surface area (Å²) in [6.07, 6.45) is 3.57. The number of aromatic nitrogens is 2. The maximum atomic E-state index is 8.70. The van der Waals surface area contributed by atoms with Gasteiger partial charge in [0.15, 0.2) is 0 Å². The second-order valence-corrected chi connectivity index (χ2v) is 6.94. The minimum atomic E-state index is 0.420. The second kappa shape index (κ2) is 8.29. The molecule has 5 nitrogen and oxygen atoms in total. The van der Waals surface area contributed by atoms with Crippen LogP contribution in [0.5, 0.6) is 0 Å². The molecule has 0 aliphatic carbocycles. The van der Waals surface area contributed by atoms with Gasteiger partial charge in [0.1, 0.15) is 5.15 Å². The summed E-state index contributed by atoms with van der Waals surface area (Å²) in [4.78, 5) is 10.9. The molecule has 138 valence electrons. The molecule has 0 saturated heterocycles. The van der Waals surface area contributed by atoms with Crippen molar-refractivity contribution in [1.82, 2.24) is 20.2 Å². The Hall–Kier alpha value is -2.76. The summed E-state index contributed by atoms with van der Waals surface area (Å²) >= 11 is 6.01. The zero-order valence-electron chi connectivity index (χ0n) is 15.6. The van der Waals surface area contributed by atoms with Crippen molar-refractivity contribution in [3.05, 3.63) is 76.7 Å². The lowest BCUT2D eigenvalue weighted by Gasteiger charge is -2.13. The van der Waals surface area contributed by atoms with E-state index in [0.717, 1.165) is 28.8 Å². The van der Waals surface area contributed by atoms with Gasteiger partial charge in [-0.25, -0.2) is 4.98 Å². The zero-order chi connectivity index (χ0) is 19.4. The zero-order valence-corrected chi connectivity index (χ0v) is 16.4. The molecular formula is C21H22ClN5. The molecule has 0 saturated carbocycles. The molecular weight excluding hydrogens is 358 g/mol. The van der Waals surface area contributed by atoms with Crippen molar-refractivity contribution in [2.45, 2.75) is 6.54 Å². The first-order valence-corrected chi connectivity index (χ1v) is 8.99. The van der Waals surface area contributed by atoms with Gasteiger partial charge in [0.25, 0.3) is 0 Å². The monoisotopic (exact) mass is 379 g/mol. The number of allylic oxidation sites excluding steroid dienone is 1. The summed E-state index contributed by atoms with van der Waals surface area (Å²) < 4.78 is 0. The number of hydrogen-bond donors (Lipinski definition) is 2. The molecule has 0 atom stereocenters. The minimum Gasteiger partial charge on any atom is -0.393 e. The van der Waals surface area contributed by atoms with Crippen LogP contribution in [-0.4, -0.2) is 41.7 Å². The molecule has 3 aromatic rings. The lowest BCUT2D eigenvalue weighted by atomic mass is 9.96. The molecule has 2 aromatic heterocycles. The van der Waals surface area contributed by atoms with Crippen LogP contribution in [0.3, 0.4) is 0 Å². The standard InChI is InChI=1S/C21H22ClN5/c1-24-12-17(16-10-19-18(25-11-16)8-9-20(22)26-19)21(23)15-6-4-14(5-7-15)13-27(2)3/h4-12,23-24H,13H2,1-3H3/b17-12-,23-21?. The fraction of sp³-hybridized carbons (Fsp3) is 0.190. The highest BCUT2D eigenvalue weighted by molar-refractivity contribution is 6.31. The Morgan fingerprint density at radius 1 is 1.11 bits per heavy atom. The number of nitrogens with zero attached hydrogens (tertiary/aromatic N) is 3. The van der Waals surface area contributed by atoms with Gasteiger partial charge >= 0.3 is 0 Å². The van der Waals surface area contributed by atoms with Crippen molar-refractivity contribution in [3.63, 3.8) is 0 Å². The smallest absolute Gasteiger partial charge is 0.129 e. The number of benzene rings is 1. The van der Waals surface area contributed by atoms with Crippen LogP contribution in [0.2, 0.25) is 5.15 Å². The Labute approximate surface area is 164 Å². The third kappa shape index (κ3) is 4.51. The molecule has 0 unspecified atom stereocenters. The summed E-state index contributed by atoms with van der Waals surface area (Å²) in [5.74, 6) is 0. The van der Waals surface area contributed by atoms with Gasteiger partial charge in [-0.2, -0.15) is 0 Å². The van der Waals surface area contributed by atoms with Crippen molar-refractivity contribution >= 4 is 33.9 Å². The molecule has 2 heterocycles. The van der Waals surface area contributed by atoms with Gasteiger partial charge in [0.2, 0.25) is 0 Å². The Bertz CT molecular complexity index is 993. The first-order valence-electron chi connectivity index (χ1n) is 8.61. The number of rotatable bonds is 6. The molecule has 0 radical (unpaired) electrons. The summed E-state index contributed by atoms with van der Waals surface area (Å²) in [5.41, 5.74) is 5.51. The van der Waals surface area contributed by atoms with E-state index in [1.54, 1.807) is 12.3 Å². The highest BCUT2D eigenvalue weighted by Crippen LogP contribution is 2.23. The van der Waals surface area contributed by atoms with Crippen LogP contribution in [0.1, 0.15) is 16.7 Å².